The predicted octanol–water partition coefficient (Wildman–Crippen LogP) is 15.1. The summed E-state index contributed by atoms with van der Waals surface area (Å²) in [4.78, 5) is 24.4. The number of carbonyl (C=O) groups excluding carboxylic acids is 2. The summed E-state index contributed by atoms with van der Waals surface area (Å²) in [6.45, 7) is 4.03. The zero-order valence-corrected chi connectivity index (χ0v) is 36.2. The first kappa shape index (κ1) is 52.6. The zero-order chi connectivity index (χ0) is 40.0. The molecular formula is C50H88O5. The summed E-state index contributed by atoms with van der Waals surface area (Å²) in [6, 6.07) is 0. The highest BCUT2D eigenvalue weighted by molar-refractivity contribution is 5.70. The minimum atomic E-state index is -0.778. The molecular weight excluding hydrogens is 681 g/mol. The van der Waals surface area contributed by atoms with Gasteiger partial charge in [0.25, 0.3) is 0 Å². The molecule has 0 aromatic heterocycles. The van der Waals surface area contributed by atoms with Crippen LogP contribution in [-0.4, -0.2) is 36.4 Å². The average molecular weight is 769 g/mol. The SMILES string of the molecule is CC/C=C\C/C=C\C/C=C\C/C=C\C/C=C\CCCCCCCCCC(=O)OC(CO)COC(=O)CCCCCCCCCCCCCCCCCCCC. The van der Waals surface area contributed by atoms with Crippen molar-refractivity contribution in [1.82, 2.24) is 0 Å². The van der Waals surface area contributed by atoms with Crippen molar-refractivity contribution in [3.8, 4) is 0 Å². The van der Waals surface area contributed by atoms with Crippen LogP contribution < -0.4 is 0 Å². The van der Waals surface area contributed by atoms with E-state index in [0.717, 1.165) is 77.0 Å². The number of esters is 2. The van der Waals surface area contributed by atoms with Crippen molar-refractivity contribution in [3.63, 3.8) is 0 Å². The highest BCUT2D eigenvalue weighted by atomic mass is 16.6. The predicted molar refractivity (Wildman–Crippen MR) is 237 cm³/mol. The lowest BCUT2D eigenvalue weighted by molar-refractivity contribution is -0.161. The van der Waals surface area contributed by atoms with Gasteiger partial charge in [-0.05, 0) is 57.8 Å². The minimum Gasteiger partial charge on any atom is -0.462 e. The molecule has 0 fully saturated rings. The van der Waals surface area contributed by atoms with Gasteiger partial charge in [-0.2, -0.15) is 0 Å². The summed E-state index contributed by atoms with van der Waals surface area (Å²) < 4.78 is 10.7. The average Bonchev–Trinajstić information content (AvgIpc) is 3.19. The van der Waals surface area contributed by atoms with Crippen molar-refractivity contribution < 1.29 is 24.2 Å². The molecule has 0 heterocycles. The summed E-state index contributed by atoms with van der Waals surface area (Å²) >= 11 is 0. The van der Waals surface area contributed by atoms with E-state index in [9.17, 15) is 14.7 Å². The molecule has 0 aliphatic carbocycles. The van der Waals surface area contributed by atoms with Crippen molar-refractivity contribution >= 4 is 11.9 Å². The summed E-state index contributed by atoms with van der Waals surface area (Å²) in [5, 5.41) is 9.60. The van der Waals surface area contributed by atoms with E-state index in [-0.39, 0.29) is 25.2 Å². The number of aliphatic hydroxyl groups is 1. The second kappa shape index (κ2) is 46.0. The standard InChI is InChI=1S/C50H88O5/c1-3-5-7-9-11-13-15-17-19-21-23-24-25-26-27-29-31-33-35-37-39-41-43-45-50(53)55-48(46-51)47-54-49(52)44-42-40-38-36-34-32-30-28-22-20-18-16-14-12-10-8-6-4-2/h5,7,11,13,17,19,23-24,26-27,48,51H,3-4,6,8-10,12,14-16,18,20-22,25,28-47H2,1-2H3/b7-5-,13-11-,19-17-,24-23-,27-26-. The molecule has 0 amide bonds. The van der Waals surface area contributed by atoms with Crippen LogP contribution in [0.2, 0.25) is 0 Å². The summed E-state index contributed by atoms with van der Waals surface area (Å²) in [5.41, 5.74) is 0. The zero-order valence-electron chi connectivity index (χ0n) is 36.2. The van der Waals surface area contributed by atoms with Gasteiger partial charge in [0.05, 0.1) is 6.61 Å². The van der Waals surface area contributed by atoms with Gasteiger partial charge in [-0.3, -0.25) is 9.59 Å². The molecule has 0 saturated heterocycles. The van der Waals surface area contributed by atoms with E-state index < -0.39 is 6.10 Å². The summed E-state index contributed by atoms with van der Waals surface area (Å²) in [7, 11) is 0. The van der Waals surface area contributed by atoms with E-state index in [1.165, 1.54) is 122 Å². The minimum absolute atomic E-state index is 0.0697. The van der Waals surface area contributed by atoms with Crippen LogP contribution in [0.1, 0.15) is 226 Å². The fourth-order valence-electron chi connectivity index (χ4n) is 6.58. The lowest BCUT2D eigenvalue weighted by atomic mass is 10.0. The molecule has 0 radical (unpaired) electrons. The number of hydrogen-bond acceptors (Lipinski definition) is 5. The van der Waals surface area contributed by atoms with E-state index in [4.69, 9.17) is 9.47 Å². The lowest BCUT2D eigenvalue weighted by Gasteiger charge is -2.15. The number of ether oxygens (including phenoxy) is 2. The van der Waals surface area contributed by atoms with E-state index >= 15 is 0 Å². The fourth-order valence-corrected chi connectivity index (χ4v) is 6.58. The van der Waals surface area contributed by atoms with Gasteiger partial charge in [0, 0.05) is 12.8 Å². The molecule has 0 saturated carbocycles. The number of hydrogen-bond donors (Lipinski definition) is 1. The molecule has 1 atom stereocenters. The van der Waals surface area contributed by atoms with Gasteiger partial charge in [0.1, 0.15) is 6.61 Å². The molecule has 5 heteroatoms. The first-order chi connectivity index (χ1) is 27.1. The molecule has 0 rings (SSSR count). The maximum atomic E-state index is 12.2. The Hall–Kier alpha value is -2.40. The van der Waals surface area contributed by atoms with Crippen molar-refractivity contribution in [3.05, 3.63) is 60.8 Å². The molecule has 5 nitrogen and oxygen atoms in total. The van der Waals surface area contributed by atoms with Crippen LogP contribution in [0.15, 0.2) is 60.8 Å². The summed E-state index contributed by atoms with van der Waals surface area (Å²) in [5.74, 6) is -0.598. The van der Waals surface area contributed by atoms with Gasteiger partial charge in [0.2, 0.25) is 0 Å². The highest BCUT2D eigenvalue weighted by Crippen LogP contribution is 2.15. The number of unbranched alkanes of at least 4 members (excludes halogenated alkanes) is 24. The topological polar surface area (TPSA) is 72.8 Å². The third kappa shape index (κ3) is 44.2. The molecule has 0 aliphatic heterocycles. The lowest BCUT2D eigenvalue weighted by Crippen LogP contribution is -2.28. The molecule has 0 aromatic carbocycles. The van der Waals surface area contributed by atoms with Crippen LogP contribution in [0.3, 0.4) is 0 Å². The molecule has 1 N–H and O–H groups in total. The van der Waals surface area contributed by atoms with Crippen LogP contribution in [0.5, 0.6) is 0 Å². The number of aliphatic hydroxyl groups excluding tert-OH is 1. The maximum Gasteiger partial charge on any atom is 0.306 e. The number of carbonyl (C=O) groups is 2. The largest absolute Gasteiger partial charge is 0.462 e. The van der Waals surface area contributed by atoms with Crippen LogP contribution in [0, 0.1) is 0 Å². The van der Waals surface area contributed by atoms with Gasteiger partial charge < -0.3 is 14.6 Å². The second-order valence-corrected chi connectivity index (χ2v) is 15.5. The van der Waals surface area contributed by atoms with Gasteiger partial charge in [0.15, 0.2) is 6.10 Å². The van der Waals surface area contributed by atoms with E-state index in [1.54, 1.807) is 0 Å². The van der Waals surface area contributed by atoms with Gasteiger partial charge in [-0.1, -0.05) is 216 Å². The maximum absolute atomic E-state index is 12.2. The fraction of sp³-hybridized carbons (Fsp3) is 0.760. The quantitative estimate of drug-likeness (QED) is 0.0380. The van der Waals surface area contributed by atoms with Crippen molar-refractivity contribution in [2.45, 2.75) is 232 Å². The summed E-state index contributed by atoms with van der Waals surface area (Å²) in [6.07, 6.45) is 60.1. The van der Waals surface area contributed by atoms with Crippen LogP contribution in [0.4, 0.5) is 0 Å². The Morgan fingerprint density at radius 2 is 0.782 bits per heavy atom. The van der Waals surface area contributed by atoms with E-state index in [2.05, 4.69) is 74.6 Å². The van der Waals surface area contributed by atoms with Crippen LogP contribution >= 0.6 is 0 Å². The number of rotatable bonds is 42. The van der Waals surface area contributed by atoms with Gasteiger partial charge in [-0.25, -0.2) is 0 Å². The monoisotopic (exact) mass is 769 g/mol. The molecule has 0 aromatic rings. The van der Waals surface area contributed by atoms with Crippen LogP contribution in [0.25, 0.3) is 0 Å². The molecule has 0 spiro atoms. The Kier molecular flexibility index (Phi) is 44.0. The smallest absolute Gasteiger partial charge is 0.306 e. The second-order valence-electron chi connectivity index (χ2n) is 15.5. The Morgan fingerprint density at radius 1 is 0.436 bits per heavy atom. The normalized spacial score (nSPS) is 12.7. The Morgan fingerprint density at radius 3 is 1.18 bits per heavy atom. The van der Waals surface area contributed by atoms with Gasteiger partial charge >= 0.3 is 11.9 Å². The third-order valence-corrected chi connectivity index (χ3v) is 10.1. The van der Waals surface area contributed by atoms with E-state index in [0.29, 0.717) is 12.8 Å². The molecule has 1 unspecified atom stereocenters. The Bertz CT molecular complexity index is 961. The van der Waals surface area contributed by atoms with Crippen molar-refractivity contribution in [1.29, 1.82) is 0 Å². The van der Waals surface area contributed by atoms with Crippen LogP contribution in [-0.2, 0) is 19.1 Å². The molecule has 0 aliphatic rings. The molecule has 55 heavy (non-hydrogen) atoms. The number of allylic oxidation sites excluding steroid dienone is 10. The Labute approximate surface area is 341 Å². The highest BCUT2D eigenvalue weighted by Gasteiger charge is 2.16. The Balaban J connectivity index is 3.55. The third-order valence-electron chi connectivity index (χ3n) is 10.1. The van der Waals surface area contributed by atoms with E-state index in [1.807, 2.05) is 0 Å². The van der Waals surface area contributed by atoms with Crippen molar-refractivity contribution in [2.75, 3.05) is 13.2 Å². The molecule has 318 valence electrons. The van der Waals surface area contributed by atoms with Crippen molar-refractivity contribution in [2.24, 2.45) is 0 Å². The first-order valence-corrected chi connectivity index (χ1v) is 23.3. The molecule has 0 bridgehead atoms. The first-order valence-electron chi connectivity index (χ1n) is 23.3. The van der Waals surface area contributed by atoms with Gasteiger partial charge in [-0.15, -0.1) is 0 Å².